The Bertz CT molecular complexity index is 1240. The summed E-state index contributed by atoms with van der Waals surface area (Å²) < 4.78 is 84.0. The average molecular weight is 507 g/mol. The van der Waals surface area contributed by atoms with Crippen LogP contribution in [0.15, 0.2) is 66.7 Å². The van der Waals surface area contributed by atoms with E-state index in [2.05, 4.69) is 5.32 Å². The Hall–Kier alpha value is -3.82. The van der Waals surface area contributed by atoms with Gasteiger partial charge in [0.1, 0.15) is 6.04 Å². The van der Waals surface area contributed by atoms with Gasteiger partial charge in [0.2, 0.25) is 5.91 Å². The third-order valence-corrected chi connectivity index (χ3v) is 6.00. The summed E-state index contributed by atoms with van der Waals surface area (Å²) in [7, 11) is 1.12. The quantitative estimate of drug-likeness (QED) is 0.354. The summed E-state index contributed by atoms with van der Waals surface area (Å²) in [4.78, 5) is 25.6. The summed E-state index contributed by atoms with van der Waals surface area (Å²) in [5.41, 5.74) is -0.402. The molecule has 1 N–H and O–H groups in total. The predicted octanol–water partition coefficient (Wildman–Crippen LogP) is 5.74. The fourth-order valence-corrected chi connectivity index (χ4v) is 4.49. The zero-order valence-corrected chi connectivity index (χ0v) is 18.7. The molecule has 1 aliphatic carbocycles. The highest BCUT2D eigenvalue weighted by molar-refractivity contribution is 5.90. The van der Waals surface area contributed by atoms with Crippen LogP contribution in [0.5, 0.6) is 0 Å². The molecule has 3 aromatic carbocycles. The van der Waals surface area contributed by atoms with E-state index in [9.17, 15) is 35.9 Å². The first kappa shape index (κ1) is 25.3. The van der Waals surface area contributed by atoms with Crippen LogP contribution >= 0.6 is 0 Å². The lowest BCUT2D eigenvalue weighted by atomic mass is 9.89. The number of hydrogen-bond donors (Lipinski definition) is 1. The van der Waals surface area contributed by atoms with Crippen molar-refractivity contribution in [2.24, 2.45) is 0 Å². The fraction of sp³-hybridized carbons (Fsp3) is 0.231. The topological polar surface area (TPSA) is 55.4 Å². The van der Waals surface area contributed by atoms with Gasteiger partial charge in [0.15, 0.2) is 0 Å². The lowest BCUT2D eigenvalue weighted by Crippen LogP contribution is -2.46. The smallest absolute Gasteiger partial charge is 0.416 e. The summed E-state index contributed by atoms with van der Waals surface area (Å²) in [6.45, 7) is 0. The van der Waals surface area contributed by atoms with E-state index in [4.69, 9.17) is 4.74 Å². The van der Waals surface area contributed by atoms with Gasteiger partial charge in [0.25, 0.3) is 0 Å². The minimum absolute atomic E-state index is 0.00888. The van der Waals surface area contributed by atoms with Crippen molar-refractivity contribution in [1.29, 1.82) is 0 Å². The molecule has 0 bridgehead atoms. The SMILES string of the molecule is COC(=O)[C@@H](NC(=O)Cc1cc(C(F)(F)F)cc(C(F)(F)F)c1)C1c2ccccc2-c2ccccc21. The van der Waals surface area contributed by atoms with Gasteiger partial charge in [-0.2, -0.15) is 26.3 Å². The number of alkyl halides is 6. The van der Waals surface area contributed by atoms with Gasteiger partial charge in [-0.1, -0.05) is 48.5 Å². The summed E-state index contributed by atoms with van der Waals surface area (Å²) in [6.07, 6.45) is -10.9. The molecule has 0 aliphatic heterocycles. The number of fused-ring (bicyclic) bond motifs is 3. The minimum atomic E-state index is -5.04. The van der Waals surface area contributed by atoms with E-state index in [1.807, 2.05) is 24.3 Å². The van der Waals surface area contributed by atoms with Crippen LogP contribution in [0, 0.1) is 0 Å². The highest BCUT2D eigenvalue weighted by Crippen LogP contribution is 2.46. The maximum Gasteiger partial charge on any atom is 0.416 e. The molecule has 3 aromatic rings. The van der Waals surface area contributed by atoms with E-state index in [-0.39, 0.29) is 6.07 Å². The Kier molecular flexibility index (Phi) is 6.55. The van der Waals surface area contributed by atoms with Gasteiger partial charge in [-0.3, -0.25) is 4.79 Å². The van der Waals surface area contributed by atoms with Crippen LogP contribution in [0.1, 0.15) is 33.7 Å². The number of ether oxygens (including phenoxy) is 1. The molecule has 0 radical (unpaired) electrons. The van der Waals surface area contributed by atoms with Crippen LogP contribution in [-0.2, 0) is 33.1 Å². The number of halogens is 6. The Labute approximate surface area is 201 Å². The molecule has 4 nitrogen and oxygen atoms in total. The van der Waals surface area contributed by atoms with E-state index < -0.39 is 59.3 Å². The first-order valence-corrected chi connectivity index (χ1v) is 10.7. The molecule has 0 fully saturated rings. The highest BCUT2D eigenvalue weighted by Gasteiger charge is 2.40. The minimum Gasteiger partial charge on any atom is -0.467 e. The standard InChI is InChI=1S/C26H19F6NO3/c1-36-24(35)23(22-19-8-4-2-6-17(19)18-7-3-5-9-20(18)22)33-21(34)12-14-10-15(25(27,28)29)13-16(11-14)26(30,31)32/h2-11,13,22-23H,12H2,1H3,(H,33,34)/t23-/m0/s1. The largest absolute Gasteiger partial charge is 0.467 e. The van der Waals surface area contributed by atoms with Crippen molar-refractivity contribution in [3.05, 3.63) is 94.5 Å². The third-order valence-electron chi connectivity index (χ3n) is 6.00. The molecular formula is C26H19F6NO3. The molecule has 0 unspecified atom stereocenters. The summed E-state index contributed by atoms with van der Waals surface area (Å²) in [6, 6.07) is 14.1. The van der Waals surface area contributed by atoms with Crippen LogP contribution in [-0.4, -0.2) is 25.0 Å². The third kappa shape index (κ3) is 4.93. The Balaban J connectivity index is 1.67. The number of amides is 1. The number of hydrogen-bond acceptors (Lipinski definition) is 3. The second kappa shape index (κ2) is 9.33. The number of carbonyl (C=O) groups is 2. The van der Waals surface area contributed by atoms with Crippen molar-refractivity contribution in [1.82, 2.24) is 5.32 Å². The maximum atomic E-state index is 13.2. The number of rotatable bonds is 5. The molecule has 188 valence electrons. The number of methoxy groups -OCH3 is 1. The van der Waals surface area contributed by atoms with Gasteiger partial charge in [-0.25, -0.2) is 4.79 Å². The molecule has 0 heterocycles. The van der Waals surface area contributed by atoms with E-state index in [0.717, 1.165) is 29.4 Å². The highest BCUT2D eigenvalue weighted by atomic mass is 19.4. The first-order chi connectivity index (χ1) is 16.9. The zero-order chi connectivity index (χ0) is 26.3. The second-order valence-electron chi connectivity index (χ2n) is 8.31. The molecule has 1 amide bonds. The Morgan fingerprint density at radius 2 is 1.31 bits per heavy atom. The lowest BCUT2D eigenvalue weighted by Gasteiger charge is -2.25. The monoisotopic (exact) mass is 507 g/mol. The van der Waals surface area contributed by atoms with Gasteiger partial charge in [0, 0.05) is 5.92 Å². The van der Waals surface area contributed by atoms with E-state index in [0.29, 0.717) is 12.1 Å². The van der Waals surface area contributed by atoms with Crippen LogP contribution < -0.4 is 5.32 Å². The molecule has 4 rings (SSSR count). The molecule has 0 saturated carbocycles. The molecule has 10 heteroatoms. The molecule has 36 heavy (non-hydrogen) atoms. The van der Waals surface area contributed by atoms with Crippen molar-refractivity contribution in [3.8, 4) is 11.1 Å². The van der Waals surface area contributed by atoms with Gasteiger partial charge >= 0.3 is 18.3 Å². The zero-order valence-electron chi connectivity index (χ0n) is 18.7. The van der Waals surface area contributed by atoms with Crippen molar-refractivity contribution in [2.45, 2.75) is 30.7 Å². The maximum absolute atomic E-state index is 13.2. The number of esters is 1. The second-order valence-corrected chi connectivity index (χ2v) is 8.31. The Morgan fingerprint density at radius 3 is 1.75 bits per heavy atom. The van der Waals surface area contributed by atoms with E-state index >= 15 is 0 Å². The normalized spacial score (nSPS) is 14.1. The molecule has 0 spiro atoms. The van der Waals surface area contributed by atoms with Crippen molar-refractivity contribution in [2.75, 3.05) is 7.11 Å². The average Bonchev–Trinajstić information content (AvgIpc) is 3.15. The van der Waals surface area contributed by atoms with Crippen LogP contribution in [0.3, 0.4) is 0 Å². The van der Waals surface area contributed by atoms with Crippen LogP contribution in [0.2, 0.25) is 0 Å². The van der Waals surface area contributed by atoms with E-state index in [1.54, 1.807) is 24.3 Å². The molecule has 0 saturated heterocycles. The lowest BCUT2D eigenvalue weighted by molar-refractivity contribution is -0.145. The van der Waals surface area contributed by atoms with Gasteiger partial charge in [-0.05, 0) is 46.0 Å². The molecule has 1 aliphatic rings. The number of carbonyl (C=O) groups excluding carboxylic acids is 2. The van der Waals surface area contributed by atoms with Crippen LogP contribution in [0.4, 0.5) is 26.3 Å². The van der Waals surface area contributed by atoms with Crippen molar-refractivity contribution in [3.63, 3.8) is 0 Å². The van der Waals surface area contributed by atoms with E-state index in [1.165, 1.54) is 0 Å². The van der Waals surface area contributed by atoms with Crippen LogP contribution in [0.25, 0.3) is 11.1 Å². The number of benzene rings is 3. The summed E-state index contributed by atoms with van der Waals surface area (Å²) >= 11 is 0. The predicted molar refractivity (Wildman–Crippen MR) is 118 cm³/mol. The molecule has 1 atom stereocenters. The first-order valence-electron chi connectivity index (χ1n) is 10.7. The van der Waals surface area contributed by atoms with Gasteiger partial charge in [-0.15, -0.1) is 0 Å². The van der Waals surface area contributed by atoms with Gasteiger partial charge < -0.3 is 10.1 Å². The molecular weight excluding hydrogens is 488 g/mol. The Morgan fingerprint density at radius 1 is 0.833 bits per heavy atom. The van der Waals surface area contributed by atoms with Crippen molar-refractivity contribution >= 4 is 11.9 Å². The number of nitrogens with one attached hydrogen (secondary N) is 1. The van der Waals surface area contributed by atoms with Gasteiger partial charge in [0.05, 0.1) is 24.7 Å². The molecule has 0 aromatic heterocycles. The summed E-state index contributed by atoms with van der Waals surface area (Å²) in [5.74, 6) is -2.40. The summed E-state index contributed by atoms with van der Waals surface area (Å²) in [5, 5.41) is 2.48. The van der Waals surface area contributed by atoms with Crippen molar-refractivity contribution < 1.29 is 40.7 Å². The fourth-order valence-electron chi connectivity index (χ4n) is 4.49.